The van der Waals surface area contributed by atoms with Crippen LogP contribution in [0.2, 0.25) is 0 Å². The first-order valence-corrected chi connectivity index (χ1v) is 7.94. The standard InChI is InChI=1S/C18H17BrN2O2/c1-13(18(23)21-16-9-5-8-15(19)12-16)20-17(22)11-10-14-6-3-2-4-7-14/h2-13H,1H3,(H,20,22)(H,21,23)/b11-10+/t13-/m0/s1. The highest BCUT2D eigenvalue weighted by Gasteiger charge is 2.14. The lowest BCUT2D eigenvalue weighted by Gasteiger charge is -2.13. The van der Waals surface area contributed by atoms with Crippen LogP contribution >= 0.6 is 15.9 Å². The Morgan fingerprint density at radius 2 is 1.83 bits per heavy atom. The summed E-state index contributed by atoms with van der Waals surface area (Å²) >= 11 is 3.34. The number of carbonyl (C=O) groups is 2. The topological polar surface area (TPSA) is 58.2 Å². The van der Waals surface area contributed by atoms with Gasteiger partial charge < -0.3 is 10.6 Å². The monoisotopic (exact) mass is 372 g/mol. The van der Waals surface area contributed by atoms with Crippen molar-refractivity contribution in [2.24, 2.45) is 0 Å². The van der Waals surface area contributed by atoms with Crippen molar-refractivity contribution in [3.63, 3.8) is 0 Å². The fourth-order valence-electron chi connectivity index (χ4n) is 1.88. The molecule has 1 atom stereocenters. The molecular weight excluding hydrogens is 356 g/mol. The largest absolute Gasteiger partial charge is 0.341 e. The molecule has 0 saturated carbocycles. The van der Waals surface area contributed by atoms with Crippen molar-refractivity contribution in [3.8, 4) is 0 Å². The van der Waals surface area contributed by atoms with Gasteiger partial charge in [-0.05, 0) is 36.8 Å². The highest BCUT2D eigenvalue weighted by Crippen LogP contribution is 2.15. The van der Waals surface area contributed by atoms with Crippen LogP contribution in [0.4, 0.5) is 5.69 Å². The number of rotatable bonds is 5. The van der Waals surface area contributed by atoms with Crippen LogP contribution in [-0.4, -0.2) is 17.9 Å². The summed E-state index contributed by atoms with van der Waals surface area (Å²) in [5.41, 5.74) is 1.60. The smallest absolute Gasteiger partial charge is 0.246 e. The van der Waals surface area contributed by atoms with Crippen LogP contribution in [0.3, 0.4) is 0 Å². The molecule has 0 heterocycles. The molecule has 0 radical (unpaired) electrons. The number of benzene rings is 2. The number of carbonyl (C=O) groups excluding carboxylic acids is 2. The van der Waals surface area contributed by atoms with E-state index in [1.807, 2.05) is 42.5 Å². The minimum atomic E-state index is -0.637. The molecule has 0 aromatic heterocycles. The summed E-state index contributed by atoms with van der Waals surface area (Å²) in [6, 6.07) is 16.1. The minimum absolute atomic E-state index is 0.274. The lowest BCUT2D eigenvalue weighted by molar-refractivity contribution is -0.123. The molecule has 2 amide bonds. The molecule has 2 aromatic carbocycles. The summed E-state index contributed by atoms with van der Waals surface area (Å²) in [6.07, 6.45) is 3.12. The molecule has 0 aliphatic heterocycles. The molecule has 0 aliphatic carbocycles. The van der Waals surface area contributed by atoms with Gasteiger partial charge in [0.05, 0.1) is 0 Å². The molecule has 23 heavy (non-hydrogen) atoms. The van der Waals surface area contributed by atoms with Crippen molar-refractivity contribution >= 4 is 39.5 Å². The quantitative estimate of drug-likeness (QED) is 0.787. The van der Waals surface area contributed by atoms with Crippen molar-refractivity contribution in [1.29, 1.82) is 0 Å². The third-order valence-corrected chi connectivity index (χ3v) is 3.56. The first-order valence-electron chi connectivity index (χ1n) is 7.14. The maximum Gasteiger partial charge on any atom is 0.246 e. The minimum Gasteiger partial charge on any atom is -0.341 e. The Morgan fingerprint density at radius 3 is 2.52 bits per heavy atom. The predicted octanol–water partition coefficient (Wildman–Crippen LogP) is 3.61. The Labute approximate surface area is 143 Å². The molecule has 2 rings (SSSR count). The van der Waals surface area contributed by atoms with Crippen LogP contribution in [0, 0.1) is 0 Å². The van der Waals surface area contributed by atoms with Crippen molar-refractivity contribution in [1.82, 2.24) is 5.32 Å². The molecule has 2 N–H and O–H groups in total. The lowest BCUT2D eigenvalue weighted by atomic mass is 10.2. The lowest BCUT2D eigenvalue weighted by Crippen LogP contribution is -2.40. The number of hydrogen-bond donors (Lipinski definition) is 2. The Bertz CT molecular complexity index is 714. The molecule has 0 spiro atoms. The molecule has 0 bridgehead atoms. The van der Waals surface area contributed by atoms with Gasteiger partial charge in [0.15, 0.2) is 0 Å². The van der Waals surface area contributed by atoms with E-state index in [-0.39, 0.29) is 11.8 Å². The zero-order valence-electron chi connectivity index (χ0n) is 12.6. The molecular formula is C18H17BrN2O2. The van der Waals surface area contributed by atoms with Crippen LogP contribution in [0.15, 0.2) is 65.1 Å². The fraction of sp³-hybridized carbons (Fsp3) is 0.111. The van der Waals surface area contributed by atoms with Gasteiger partial charge in [-0.2, -0.15) is 0 Å². The van der Waals surface area contributed by atoms with Crippen LogP contribution in [0.1, 0.15) is 12.5 Å². The third-order valence-electron chi connectivity index (χ3n) is 3.07. The van der Waals surface area contributed by atoms with E-state index in [1.165, 1.54) is 6.08 Å². The summed E-state index contributed by atoms with van der Waals surface area (Å²) in [6.45, 7) is 1.64. The van der Waals surface area contributed by atoms with E-state index >= 15 is 0 Å². The first-order chi connectivity index (χ1) is 11.0. The zero-order chi connectivity index (χ0) is 16.7. The van der Waals surface area contributed by atoms with Crippen LogP contribution < -0.4 is 10.6 Å². The summed E-state index contributed by atoms with van der Waals surface area (Å²) in [7, 11) is 0. The first kappa shape index (κ1) is 17.0. The van der Waals surface area contributed by atoms with Crippen molar-refractivity contribution in [2.45, 2.75) is 13.0 Å². The number of amides is 2. The fourth-order valence-corrected chi connectivity index (χ4v) is 2.28. The Morgan fingerprint density at radius 1 is 1.09 bits per heavy atom. The Balaban J connectivity index is 1.88. The molecule has 5 heteroatoms. The summed E-state index contributed by atoms with van der Waals surface area (Å²) in [4.78, 5) is 23.9. The molecule has 0 unspecified atom stereocenters. The summed E-state index contributed by atoms with van der Waals surface area (Å²) in [5.74, 6) is -0.588. The molecule has 118 valence electrons. The van der Waals surface area contributed by atoms with Gasteiger partial charge in [-0.25, -0.2) is 0 Å². The summed E-state index contributed by atoms with van der Waals surface area (Å²) in [5, 5.41) is 5.39. The van der Waals surface area contributed by atoms with Gasteiger partial charge in [0.25, 0.3) is 0 Å². The van der Waals surface area contributed by atoms with Gasteiger partial charge in [-0.15, -0.1) is 0 Å². The molecule has 0 saturated heterocycles. The van der Waals surface area contributed by atoms with Crippen molar-refractivity contribution in [2.75, 3.05) is 5.32 Å². The second kappa shape index (κ2) is 8.29. The highest BCUT2D eigenvalue weighted by molar-refractivity contribution is 9.10. The van der Waals surface area contributed by atoms with Gasteiger partial charge in [-0.1, -0.05) is 52.3 Å². The predicted molar refractivity (Wildman–Crippen MR) is 95.9 cm³/mol. The summed E-state index contributed by atoms with van der Waals surface area (Å²) < 4.78 is 0.873. The molecule has 4 nitrogen and oxygen atoms in total. The van der Waals surface area contributed by atoms with E-state index in [1.54, 1.807) is 25.1 Å². The molecule has 2 aromatic rings. The van der Waals surface area contributed by atoms with Crippen molar-refractivity contribution in [3.05, 3.63) is 70.7 Å². The average molecular weight is 373 g/mol. The Kier molecular flexibility index (Phi) is 6.11. The number of hydrogen-bond acceptors (Lipinski definition) is 2. The Hall–Kier alpha value is -2.40. The van der Waals surface area contributed by atoms with Crippen molar-refractivity contribution < 1.29 is 9.59 Å². The number of halogens is 1. The van der Waals surface area contributed by atoms with Gasteiger partial charge >= 0.3 is 0 Å². The van der Waals surface area contributed by atoms with Gasteiger partial charge in [0.1, 0.15) is 6.04 Å². The second-order valence-corrected chi connectivity index (χ2v) is 5.89. The number of anilines is 1. The molecule has 0 fully saturated rings. The second-order valence-electron chi connectivity index (χ2n) is 4.97. The SMILES string of the molecule is C[C@H](NC(=O)/C=C/c1ccccc1)C(=O)Nc1cccc(Br)c1. The maximum absolute atomic E-state index is 12.1. The molecule has 0 aliphatic rings. The van der Waals surface area contributed by atoms with Crippen LogP contribution in [-0.2, 0) is 9.59 Å². The van der Waals surface area contributed by atoms with E-state index < -0.39 is 6.04 Å². The van der Waals surface area contributed by atoms with E-state index in [0.29, 0.717) is 5.69 Å². The van der Waals surface area contributed by atoms with Crippen LogP contribution in [0.5, 0.6) is 0 Å². The average Bonchev–Trinajstić information content (AvgIpc) is 2.54. The third kappa shape index (κ3) is 5.71. The maximum atomic E-state index is 12.1. The zero-order valence-corrected chi connectivity index (χ0v) is 14.2. The van der Waals surface area contributed by atoms with E-state index in [0.717, 1.165) is 10.0 Å². The highest BCUT2D eigenvalue weighted by atomic mass is 79.9. The van der Waals surface area contributed by atoms with Gasteiger partial charge in [0, 0.05) is 16.2 Å². The van der Waals surface area contributed by atoms with E-state index in [4.69, 9.17) is 0 Å². The van der Waals surface area contributed by atoms with E-state index in [9.17, 15) is 9.59 Å². The van der Waals surface area contributed by atoms with Crippen LogP contribution in [0.25, 0.3) is 6.08 Å². The van der Waals surface area contributed by atoms with Gasteiger partial charge in [0.2, 0.25) is 11.8 Å². The normalized spacial score (nSPS) is 11.9. The number of nitrogens with one attached hydrogen (secondary N) is 2. The van der Waals surface area contributed by atoms with Gasteiger partial charge in [-0.3, -0.25) is 9.59 Å². The van der Waals surface area contributed by atoms with E-state index in [2.05, 4.69) is 26.6 Å².